The van der Waals surface area contributed by atoms with Crippen LogP contribution >= 0.6 is 0 Å². The molecule has 2 heterocycles. The van der Waals surface area contributed by atoms with Gasteiger partial charge in [0.1, 0.15) is 17.1 Å². The highest BCUT2D eigenvalue weighted by molar-refractivity contribution is 5.76. The number of hydrogen-bond acceptors (Lipinski definition) is 3. The molecular weight excluding hydrogens is 228 g/mol. The summed E-state index contributed by atoms with van der Waals surface area (Å²) < 4.78 is 6.99. The van der Waals surface area contributed by atoms with Gasteiger partial charge in [0, 0.05) is 0 Å². The summed E-state index contributed by atoms with van der Waals surface area (Å²) in [5.74, 6) is 1.73. The summed E-state index contributed by atoms with van der Waals surface area (Å²) in [4.78, 5) is 7.69. The molecule has 3 rings (SSSR count). The number of imidazole rings is 1. The Morgan fingerprint density at radius 3 is 2.56 bits per heavy atom. The van der Waals surface area contributed by atoms with E-state index >= 15 is 0 Å². The van der Waals surface area contributed by atoms with Crippen molar-refractivity contribution in [3.8, 4) is 11.4 Å². The van der Waals surface area contributed by atoms with Gasteiger partial charge in [-0.05, 0) is 38.1 Å². The summed E-state index contributed by atoms with van der Waals surface area (Å²) in [6.07, 6.45) is 0. The predicted molar refractivity (Wildman–Crippen MR) is 69.2 cm³/mol. The highest BCUT2D eigenvalue weighted by atomic mass is 16.5. The van der Waals surface area contributed by atoms with Crippen LogP contribution in [0.3, 0.4) is 0 Å². The fourth-order valence-electron chi connectivity index (χ4n) is 2.04. The molecule has 5 nitrogen and oxygen atoms in total. The number of H-pyrrole nitrogens is 1. The lowest BCUT2D eigenvalue weighted by atomic mass is 10.3. The molecule has 0 fully saturated rings. The summed E-state index contributed by atoms with van der Waals surface area (Å²) in [5.41, 5.74) is 3.76. The van der Waals surface area contributed by atoms with E-state index in [1.54, 1.807) is 7.11 Å². The fourth-order valence-corrected chi connectivity index (χ4v) is 2.04. The smallest absolute Gasteiger partial charge is 0.181 e. The normalized spacial score (nSPS) is 11.1. The van der Waals surface area contributed by atoms with Gasteiger partial charge in [0.25, 0.3) is 0 Å². The zero-order chi connectivity index (χ0) is 12.7. The van der Waals surface area contributed by atoms with Crippen molar-refractivity contribution in [2.24, 2.45) is 0 Å². The quantitative estimate of drug-likeness (QED) is 0.750. The molecule has 0 amide bonds. The highest BCUT2D eigenvalue weighted by Crippen LogP contribution is 2.21. The van der Waals surface area contributed by atoms with E-state index in [9.17, 15) is 0 Å². The number of aromatic nitrogens is 4. The Labute approximate surface area is 104 Å². The van der Waals surface area contributed by atoms with Crippen molar-refractivity contribution in [3.63, 3.8) is 0 Å². The third-order valence-corrected chi connectivity index (χ3v) is 2.93. The van der Waals surface area contributed by atoms with Gasteiger partial charge in [-0.3, -0.25) is 0 Å². The molecule has 92 valence electrons. The van der Waals surface area contributed by atoms with Crippen LogP contribution in [0.2, 0.25) is 0 Å². The molecule has 5 heteroatoms. The molecule has 0 aliphatic heterocycles. The first-order valence-corrected chi connectivity index (χ1v) is 5.75. The SMILES string of the molecule is COc1ccc(-n2nc(C)c3[nH]c(C)nc32)cc1. The van der Waals surface area contributed by atoms with Crippen LogP contribution in [0.25, 0.3) is 16.9 Å². The van der Waals surface area contributed by atoms with Crippen LogP contribution in [-0.2, 0) is 0 Å². The number of ether oxygens (including phenoxy) is 1. The van der Waals surface area contributed by atoms with Gasteiger partial charge in [0.05, 0.1) is 18.5 Å². The number of methoxy groups -OCH3 is 1. The maximum Gasteiger partial charge on any atom is 0.181 e. The van der Waals surface area contributed by atoms with Crippen LogP contribution in [-0.4, -0.2) is 26.9 Å². The summed E-state index contributed by atoms with van der Waals surface area (Å²) in [6.45, 7) is 3.91. The lowest BCUT2D eigenvalue weighted by molar-refractivity contribution is 0.414. The molecule has 0 atom stereocenters. The van der Waals surface area contributed by atoms with Crippen LogP contribution in [0.1, 0.15) is 11.5 Å². The van der Waals surface area contributed by atoms with E-state index in [-0.39, 0.29) is 0 Å². The van der Waals surface area contributed by atoms with Crippen molar-refractivity contribution in [1.29, 1.82) is 0 Å². The van der Waals surface area contributed by atoms with E-state index in [4.69, 9.17) is 4.74 Å². The number of aryl methyl sites for hydroxylation is 2. The molecule has 0 spiro atoms. The number of rotatable bonds is 2. The Morgan fingerprint density at radius 1 is 1.17 bits per heavy atom. The maximum absolute atomic E-state index is 5.15. The van der Waals surface area contributed by atoms with Crippen molar-refractivity contribution >= 4 is 11.2 Å². The van der Waals surface area contributed by atoms with Crippen LogP contribution < -0.4 is 4.74 Å². The minimum Gasteiger partial charge on any atom is -0.497 e. The van der Waals surface area contributed by atoms with E-state index in [1.807, 2.05) is 42.8 Å². The third-order valence-electron chi connectivity index (χ3n) is 2.93. The van der Waals surface area contributed by atoms with Crippen molar-refractivity contribution < 1.29 is 4.74 Å². The van der Waals surface area contributed by atoms with Gasteiger partial charge in [-0.2, -0.15) is 5.10 Å². The number of hydrogen-bond donors (Lipinski definition) is 1. The summed E-state index contributed by atoms with van der Waals surface area (Å²) in [7, 11) is 1.66. The van der Waals surface area contributed by atoms with Crippen molar-refractivity contribution in [2.45, 2.75) is 13.8 Å². The minimum absolute atomic E-state index is 0.831. The monoisotopic (exact) mass is 242 g/mol. The fraction of sp³-hybridized carbons (Fsp3) is 0.231. The standard InChI is InChI=1S/C13H14N4O/c1-8-12-13(15-9(2)14-12)17(16-8)10-4-6-11(18-3)7-5-10/h4-7H,1-3H3,(H,14,15). The molecule has 0 saturated carbocycles. The van der Waals surface area contributed by atoms with Crippen molar-refractivity contribution in [2.75, 3.05) is 7.11 Å². The lowest BCUT2D eigenvalue weighted by Gasteiger charge is -2.03. The molecular formula is C13H14N4O. The molecule has 0 aliphatic carbocycles. The molecule has 1 aromatic carbocycles. The zero-order valence-electron chi connectivity index (χ0n) is 10.6. The molecule has 1 N–H and O–H groups in total. The molecule has 0 unspecified atom stereocenters. The van der Waals surface area contributed by atoms with Gasteiger partial charge in [-0.25, -0.2) is 9.67 Å². The lowest BCUT2D eigenvalue weighted by Crippen LogP contribution is -1.97. The van der Waals surface area contributed by atoms with Gasteiger partial charge in [0.15, 0.2) is 5.65 Å². The van der Waals surface area contributed by atoms with Gasteiger partial charge < -0.3 is 9.72 Å². The maximum atomic E-state index is 5.15. The van der Waals surface area contributed by atoms with Gasteiger partial charge in [0.2, 0.25) is 0 Å². The Balaban J connectivity index is 2.17. The second-order valence-electron chi connectivity index (χ2n) is 4.22. The van der Waals surface area contributed by atoms with E-state index < -0.39 is 0 Å². The molecule has 2 aromatic heterocycles. The predicted octanol–water partition coefficient (Wildman–Crippen LogP) is 2.37. The average molecular weight is 242 g/mol. The first-order chi connectivity index (χ1) is 8.69. The summed E-state index contributed by atoms with van der Waals surface area (Å²) in [6, 6.07) is 7.76. The Kier molecular flexibility index (Phi) is 2.33. The molecule has 3 aromatic rings. The summed E-state index contributed by atoms with van der Waals surface area (Å²) >= 11 is 0. The zero-order valence-corrected chi connectivity index (χ0v) is 10.6. The first-order valence-electron chi connectivity index (χ1n) is 5.75. The minimum atomic E-state index is 0.831. The Morgan fingerprint density at radius 2 is 1.89 bits per heavy atom. The Hall–Kier alpha value is -2.30. The van der Waals surface area contributed by atoms with Crippen LogP contribution in [0.5, 0.6) is 5.75 Å². The second-order valence-corrected chi connectivity index (χ2v) is 4.22. The Bertz CT molecular complexity index is 694. The number of fused-ring (bicyclic) bond motifs is 1. The van der Waals surface area contributed by atoms with E-state index in [1.165, 1.54) is 0 Å². The van der Waals surface area contributed by atoms with Gasteiger partial charge >= 0.3 is 0 Å². The molecule has 0 aliphatic rings. The number of benzene rings is 1. The highest BCUT2D eigenvalue weighted by Gasteiger charge is 2.12. The van der Waals surface area contributed by atoms with Crippen molar-refractivity contribution in [1.82, 2.24) is 19.7 Å². The molecule has 0 radical (unpaired) electrons. The van der Waals surface area contributed by atoms with Gasteiger partial charge in [-0.1, -0.05) is 0 Å². The molecule has 0 saturated heterocycles. The molecule has 18 heavy (non-hydrogen) atoms. The number of aromatic amines is 1. The first kappa shape index (κ1) is 10.8. The van der Waals surface area contributed by atoms with Crippen LogP contribution in [0, 0.1) is 13.8 Å². The van der Waals surface area contributed by atoms with Crippen LogP contribution in [0.15, 0.2) is 24.3 Å². The van der Waals surface area contributed by atoms with Crippen LogP contribution in [0.4, 0.5) is 0 Å². The topological polar surface area (TPSA) is 55.7 Å². The summed E-state index contributed by atoms with van der Waals surface area (Å²) in [5, 5.41) is 4.50. The van der Waals surface area contributed by atoms with Crippen molar-refractivity contribution in [3.05, 3.63) is 35.8 Å². The second kappa shape index (κ2) is 3.87. The molecule has 0 bridgehead atoms. The van der Waals surface area contributed by atoms with E-state index in [0.29, 0.717) is 0 Å². The number of nitrogens with one attached hydrogen (secondary N) is 1. The van der Waals surface area contributed by atoms with Gasteiger partial charge in [-0.15, -0.1) is 0 Å². The largest absolute Gasteiger partial charge is 0.497 e. The van der Waals surface area contributed by atoms with E-state index in [2.05, 4.69) is 15.1 Å². The number of nitrogens with zero attached hydrogens (tertiary/aromatic N) is 3. The van der Waals surface area contributed by atoms with E-state index in [0.717, 1.165) is 34.1 Å². The average Bonchev–Trinajstić information content (AvgIpc) is 2.89. The third kappa shape index (κ3) is 1.55.